The van der Waals surface area contributed by atoms with Crippen molar-refractivity contribution in [2.24, 2.45) is 0 Å². The van der Waals surface area contributed by atoms with Crippen LogP contribution in [0.25, 0.3) is 9.40 Å². The zero-order valence-corrected chi connectivity index (χ0v) is 14.1. The van der Waals surface area contributed by atoms with Crippen molar-refractivity contribution in [3.8, 4) is 5.75 Å². The van der Waals surface area contributed by atoms with Crippen LogP contribution < -0.4 is 10.1 Å². The van der Waals surface area contributed by atoms with E-state index in [2.05, 4.69) is 54.9 Å². The standard InChI is InChI=1S/C17H19NOS2/c1-4-18-17(12-5-6-13(19-3)11(2)9-12)16-10-15-14(21-16)7-8-20-15/h5-10,17-18H,4H2,1-3H3. The topological polar surface area (TPSA) is 21.3 Å². The molecule has 1 N–H and O–H groups in total. The molecule has 2 nitrogen and oxygen atoms in total. The highest BCUT2D eigenvalue weighted by Gasteiger charge is 2.17. The SMILES string of the molecule is CCNC(c1ccc(OC)c(C)c1)c1cc2sccc2s1. The summed E-state index contributed by atoms with van der Waals surface area (Å²) in [6.07, 6.45) is 0. The summed E-state index contributed by atoms with van der Waals surface area (Å²) in [5.74, 6) is 0.946. The van der Waals surface area contributed by atoms with Gasteiger partial charge in [-0.05, 0) is 48.2 Å². The number of hydrogen-bond donors (Lipinski definition) is 1. The molecule has 2 heterocycles. The van der Waals surface area contributed by atoms with Gasteiger partial charge in [-0.3, -0.25) is 0 Å². The summed E-state index contributed by atoms with van der Waals surface area (Å²) in [4.78, 5) is 1.38. The molecular weight excluding hydrogens is 298 g/mol. The van der Waals surface area contributed by atoms with E-state index in [1.807, 2.05) is 22.7 Å². The van der Waals surface area contributed by atoms with E-state index in [0.29, 0.717) is 0 Å². The molecule has 3 aromatic rings. The molecule has 0 aliphatic heterocycles. The Hall–Kier alpha value is -1.36. The highest BCUT2D eigenvalue weighted by atomic mass is 32.1. The normalized spacial score (nSPS) is 12.7. The highest BCUT2D eigenvalue weighted by Crippen LogP contribution is 2.36. The quantitative estimate of drug-likeness (QED) is 0.716. The molecule has 0 aliphatic rings. The minimum absolute atomic E-state index is 0.254. The smallest absolute Gasteiger partial charge is 0.121 e. The van der Waals surface area contributed by atoms with Gasteiger partial charge in [-0.25, -0.2) is 0 Å². The van der Waals surface area contributed by atoms with Crippen LogP contribution in [0.15, 0.2) is 35.7 Å². The number of thiophene rings is 2. The summed E-state index contributed by atoms with van der Waals surface area (Å²) < 4.78 is 8.12. The van der Waals surface area contributed by atoms with Crippen molar-refractivity contribution in [3.63, 3.8) is 0 Å². The fourth-order valence-electron chi connectivity index (χ4n) is 2.59. The number of nitrogens with one attached hydrogen (secondary N) is 1. The number of methoxy groups -OCH3 is 1. The predicted octanol–water partition coefficient (Wildman–Crippen LogP) is 4.98. The molecular formula is C17H19NOS2. The molecule has 1 atom stereocenters. The molecule has 0 aliphatic carbocycles. The fraction of sp³-hybridized carbons (Fsp3) is 0.294. The number of hydrogen-bond acceptors (Lipinski definition) is 4. The number of fused-ring (bicyclic) bond motifs is 1. The number of benzene rings is 1. The van der Waals surface area contributed by atoms with Crippen LogP contribution in [-0.4, -0.2) is 13.7 Å². The highest BCUT2D eigenvalue weighted by molar-refractivity contribution is 7.27. The summed E-state index contributed by atoms with van der Waals surface area (Å²) >= 11 is 3.69. The second-order valence-corrected chi connectivity index (χ2v) is 7.08. The summed E-state index contributed by atoms with van der Waals surface area (Å²) in [7, 11) is 1.72. The average Bonchev–Trinajstić information content (AvgIpc) is 3.05. The van der Waals surface area contributed by atoms with Crippen LogP contribution >= 0.6 is 22.7 Å². The molecule has 0 bridgehead atoms. The first-order valence-electron chi connectivity index (χ1n) is 7.07. The van der Waals surface area contributed by atoms with Crippen LogP contribution in [0.3, 0.4) is 0 Å². The molecule has 3 rings (SSSR count). The van der Waals surface area contributed by atoms with Gasteiger partial charge < -0.3 is 10.1 Å². The molecule has 2 aromatic heterocycles. The van der Waals surface area contributed by atoms with E-state index in [-0.39, 0.29) is 6.04 Å². The summed E-state index contributed by atoms with van der Waals surface area (Å²) in [6, 6.07) is 11.2. The van der Waals surface area contributed by atoms with E-state index in [4.69, 9.17) is 4.74 Å². The van der Waals surface area contributed by atoms with Gasteiger partial charge in [0.05, 0.1) is 13.2 Å². The molecule has 0 fully saturated rings. The van der Waals surface area contributed by atoms with Crippen LogP contribution in [-0.2, 0) is 0 Å². The Balaban J connectivity index is 2.00. The van der Waals surface area contributed by atoms with Crippen LogP contribution in [0.5, 0.6) is 5.75 Å². The average molecular weight is 317 g/mol. The van der Waals surface area contributed by atoms with Gasteiger partial charge in [-0.15, -0.1) is 22.7 Å². The van der Waals surface area contributed by atoms with Gasteiger partial charge in [0.1, 0.15) is 5.75 Å². The van der Waals surface area contributed by atoms with Crippen LogP contribution in [0.4, 0.5) is 0 Å². The lowest BCUT2D eigenvalue weighted by atomic mass is 10.0. The van der Waals surface area contributed by atoms with E-state index >= 15 is 0 Å². The zero-order chi connectivity index (χ0) is 14.8. The Bertz CT molecular complexity index is 716. The minimum atomic E-state index is 0.254. The second kappa shape index (κ2) is 6.18. The van der Waals surface area contributed by atoms with E-state index in [9.17, 15) is 0 Å². The Morgan fingerprint density at radius 1 is 1.19 bits per heavy atom. The van der Waals surface area contributed by atoms with Crippen LogP contribution in [0, 0.1) is 6.92 Å². The Kier molecular flexibility index (Phi) is 4.29. The van der Waals surface area contributed by atoms with Crippen molar-refractivity contribution < 1.29 is 4.74 Å². The molecule has 1 aromatic carbocycles. The largest absolute Gasteiger partial charge is 0.496 e. The monoisotopic (exact) mass is 317 g/mol. The molecule has 0 spiro atoms. The number of ether oxygens (including phenoxy) is 1. The number of rotatable bonds is 5. The van der Waals surface area contributed by atoms with Gasteiger partial charge in [-0.1, -0.05) is 19.1 Å². The Labute approximate surface area is 133 Å². The minimum Gasteiger partial charge on any atom is -0.496 e. The van der Waals surface area contributed by atoms with Crippen molar-refractivity contribution in [1.82, 2.24) is 5.32 Å². The molecule has 110 valence electrons. The maximum absolute atomic E-state index is 5.36. The number of aryl methyl sites for hydroxylation is 1. The molecule has 0 saturated carbocycles. The maximum Gasteiger partial charge on any atom is 0.121 e. The first-order valence-corrected chi connectivity index (χ1v) is 8.77. The third kappa shape index (κ3) is 2.84. The van der Waals surface area contributed by atoms with Gasteiger partial charge in [-0.2, -0.15) is 0 Å². The summed E-state index contributed by atoms with van der Waals surface area (Å²) in [5, 5.41) is 5.76. The van der Waals surface area contributed by atoms with Crippen molar-refractivity contribution in [1.29, 1.82) is 0 Å². The molecule has 0 radical (unpaired) electrons. The lowest BCUT2D eigenvalue weighted by Gasteiger charge is -2.18. The lowest BCUT2D eigenvalue weighted by molar-refractivity contribution is 0.411. The molecule has 1 unspecified atom stereocenters. The van der Waals surface area contributed by atoms with Gasteiger partial charge in [0.25, 0.3) is 0 Å². The van der Waals surface area contributed by atoms with Gasteiger partial charge in [0.2, 0.25) is 0 Å². The van der Waals surface area contributed by atoms with Crippen molar-refractivity contribution in [2.75, 3.05) is 13.7 Å². The first kappa shape index (κ1) is 14.6. The van der Waals surface area contributed by atoms with Crippen molar-refractivity contribution in [3.05, 3.63) is 51.7 Å². The Morgan fingerprint density at radius 3 is 2.71 bits per heavy atom. The Morgan fingerprint density at radius 2 is 2.05 bits per heavy atom. The van der Waals surface area contributed by atoms with Crippen molar-refractivity contribution >= 4 is 32.1 Å². The zero-order valence-electron chi connectivity index (χ0n) is 12.5. The second-order valence-electron chi connectivity index (χ2n) is 5.02. The van der Waals surface area contributed by atoms with E-state index in [0.717, 1.165) is 12.3 Å². The molecule has 21 heavy (non-hydrogen) atoms. The maximum atomic E-state index is 5.36. The summed E-state index contributed by atoms with van der Waals surface area (Å²) in [6.45, 7) is 5.19. The van der Waals surface area contributed by atoms with E-state index < -0.39 is 0 Å². The predicted molar refractivity (Wildman–Crippen MR) is 93.0 cm³/mol. The van der Waals surface area contributed by atoms with Gasteiger partial charge >= 0.3 is 0 Å². The molecule has 0 saturated heterocycles. The lowest BCUT2D eigenvalue weighted by Crippen LogP contribution is -2.21. The van der Waals surface area contributed by atoms with Crippen LogP contribution in [0.1, 0.15) is 29.0 Å². The fourth-order valence-corrected chi connectivity index (χ4v) is 4.82. The van der Waals surface area contributed by atoms with Gasteiger partial charge in [0.15, 0.2) is 0 Å². The molecule has 0 amide bonds. The third-order valence-electron chi connectivity index (χ3n) is 3.60. The first-order chi connectivity index (χ1) is 10.2. The summed E-state index contributed by atoms with van der Waals surface area (Å²) in [5.41, 5.74) is 2.47. The molecule has 4 heteroatoms. The van der Waals surface area contributed by atoms with E-state index in [1.54, 1.807) is 7.11 Å². The van der Waals surface area contributed by atoms with E-state index in [1.165, 1.54) is 25.4 Å². The third-order valence-corrected chi connectivity index (χ3v) is 5.76. The van der Waals surface area contributed by atoms with Crippen molar-refractivity contribution in [2.45, 2.75) is 19.9 Å². The van der Waals surface area contributed by atoms with Gasteiger partial charge in [0, 0.05) is 14.3 Å². The van der Waals surface area contributed by atoms with Crippen LogP contribution in [0.2, 0.25) is 0 Å².